The zero-order valence-corrected chi connectivity index (χ0v) is 18.5. The predicted molar refractivity (Wildman–Crippen MR) is 120 cm³/mol. The van der Waals surface area contributed by atoms with Gasteiger partial charge in [-0.25, -0.2) is 9.18 Å². The fourth-order valence-corrected chi connectivity index (χ4v) is 3.77. The number of methoxy groups -OCH3 is 2. The third kappa shape index (κ3) is 4.17. The van der Waals surface area contributed by atoms with Crippen LogP contribution in [-0.4, -0.2) is 41.8 Å². The number of nitrogens with one attached hydrogen (secondary N) is 1. The van der Waals surface area contributed by atoms with E-state index in [0.717, 1.165) is 5.56 Å². The average molecular weight is 450 g/mol. The summed E-state index contributed by atoms with van der Waals surface area (Å²) >= 11 is 0. The molecule has 170 valence electrons. The summed E-state index contributed by atoms with van der Waals surface area (Å²) < 4.78 is 30.0. The number of amides is 2. The second-order valence-corrected chi connectivity index (χ2v) is 7.33. The minimum absolute atomic E-state index is 0.209. The first-order chi connectivity index (χ1) is 16.0. The van der Waals surface area contributed by atoms with Crippen LogP contribution in [0.5, 0.6) is 11.5 Å². The van der Waals surface area contributed by atoms with Gasteiger partial charge in [0.2, 0.25) is 5.82 Å². The molecule has 33 heavy (non-hydrogen) atoms. The van der Waals surface area contributed by atoms with E-state index in [2.05, 4.69) is 22.0 Å². The molecule has 9 heteroatoms. The van der Waals surface area contributed by atoms with Crippen molar-refractivity contribution in [3.63, 3.8) is 0 Å². The number of hydrogen-bond acceptors (Lipinski definition) is 6. The topological polar surface area (TPSA) is 89.7 Å². The van der Waals surface area contributed by atoms with Crippen molar-refractivity contribution in [2.45, 2.75) is 13.0 Å². The maximum Gasteiger partial charge on any atom is 0.322 e. The van der Waals surface area contributed by atoms with Crippen LogP contribution in [-0.2, 0) is 0 Å². The van der Waals surface area contributed by atoms with Crippen LogP contribution in [0.2, 0.25) is 0 Å². The molecule has 8 nitrogen and oxygen atoms in total. The lowest BCUT2D eigenvalue weighted by Gasteiger charge is -2.34. The molecule has 2 amide bonds. The molecular formula is C24H23FN4O4. The third-order valence-corrected chi connectivity index (χ3v) is 5.39. The molecule has 0 aliphatic carbocycles. The molecule has 1 unspecified atom stereocenters. The summed E-state index contributed by atoms with van der Waals surface area (Å²) in [6.45, 7) is 5.83. The summed E-state index contributed by atoms with van der Waals surface area (Å²) in [6, 6.07) is 10.4. The number of halogens is 1. The van der Waals surface area contributed by atoms with Crippen molar-refractivity contribution in [1.29, 1.82) is 0 Å². The summed E-state index contributed by atoms with van der Waals surface area (Å²) in [5.41, 5.74) is 2.46. The number of nitrogens with zero attached hydrogens (tertiary/aromatic N) is 3. The molecule has 1 aliphatic heterocycles. The molecule has 0 spiro atoms. The lowest BCUT2D eigenvalue weighted by atomic mass is 9.94. The van der Waals surface area contributed by atoms with Crippen LogP contribution in [0.3, 0.4) is 0 Å². The van der Waals surface area contributed by atoms with E-state index in [-0.39, 0.29) is 17.7 Å². The van der Waals surface area contributed by atoms with E-state index in [4.69, 9.17) is 14.0 Å². The van der Waals surface area contributed by atoms with Gasteiger partial charge in [-0.1, -0.05) is 29.4 Å². The Morgan fingerprint density at radius 3 is 2.70 bits per heavy atom. The molecule has 2 heterocycles. The normalized spacial score (nSPS) is 15.9. The monoisotopic (exact) mass is 450 g/mol. The zero-order chi connectivity index (χ0) is 23.5. The molecule has 3 aromatic rings. The molecule has 0 saturated heterocycles. The Balaban J connectivity index is 1.84. The highest BCUT2D eigenvalue weighted by atomic mass is 19.1. The standard InChI is InChI=1S/C24H23FN4O4/c1-5-11-29-14(2)20(23-27-22(28-33-23)16-7-6-8-17(25)12-16)21(26-24(29)30)15-9-10-18(31-3)19(13-15)32-4/h5-10,12-13,21H,1,11H2,2-4H3,(H,26,30). The molecule has 4 rings (SSSR count). The zero-order valence-electron chi connectivity index (χ0n) is 18.5. The molecule has 1 atom stereocenters. The quantitative estimate of drug-likeness (QED) is 0.530. The van der Waals surface area contributed by atoms with E-state index in [9.17, 15) is 9.18 Å². The van der Waals surface area contributed by atoms with Crippen molar-refractivity contribution in [3.05, 3.63) is 78.1 Å². The van der Waals surface area contributed by atoms with Gasteiger partial charge in [0.1, 0.15) is 5.82 Å². The van der Waals surface area contributed by atoms with Gasteiger partial charge in [-0.05, 0) is 36.8 Å². The number of hydrogen-bond donors (Lipinski definition) is 1. The van der Waals surface area contributed by atoms with Crippen molar-refractivity contribution < 1.29 is 23.2 Å². The number of allylic oxidation sites excluding steroid dienone is 1. The average Bonchev–Trinajstić information content (AvgIpc) is 3.30. The smallest absolute Gasteiger partial charge is 0.322 e. The Labute approximate surface area is 190 Å². The molecule has 2 aromatic carbocycles. The number of ether oxygens (including phenoxy) is 2. The number of urea groups is 1. The summed E-state index contributed by atoms with van der Waals surface area (Å²) in [4.78, 5) is 18.9. The van der Waals surface area contributed by atoms with Gasteiger partial charge in [0.25, 0.3) is 5.89 Å². The second-order valence-electron chi connectivity index (χ2n) is 7.33. The van der Waals surface area contributed by atoms with Crippen molar-refractivity contribution in [2.24, 2.45) is 0 Å². The molecule has 1 aliphatic rings. The first-order valence-corrected chi connectivity index (χ1v) is 10.2. The van der Waals surface area contributed by atoms with E-state index in [1.165, 1.54) is 24.1 Å². The molecule has 0 bridgehead atoms. The number of aromatic nitrogens is 2. The van der Waals surface area contributed by atoms with Gasteiger partial charge in [-0.3, -0.25) is 4.90 Å². The molecule has 0 saturated carbocycles. The number of carbonyl (C=O) groups is 1. The Morgan fingerprint density at radius 2 is 2.00 bits per heavy atom. The SMILES string of the molecule is C=CCN1C(=O)NC(c2ccc(OC)c(OC)c2)C(c2nc(-c3cccc(F)c3)no2)=C1C. The fourth-order valence-electron chi connectivity index (χ4n) is 3.77. The van der Waals surface area contributed by atoms with Crippen molar-refractivity contribution in [3.8, 4) is 22.9 Å². The van der Waals surface area contributed by atoms with Crippen LogP contribution in [0.25, 0.3) is 17.0 Å². The van der Waals surface area contributed by atoms with Gasteiger partial charge < -0.3 is 19.3 Å². The van der Waals surface area contributed by atoms with Crippen LogP contribution in [0.4, 0.5) is 9.18 Å². The number of rotatable bonds is 7. The van der Waals surface area contributed by atoms with Crippen molar-refractivity contribution in [1.82, 2.24) is 20.4 Å². The molecular weight excluding hydrogens is 427 g/mol. The van der Waals surface area contributed by atoms with Gasteiger partial charge in [-0.2, -0.15) is 4.98 Å². The number of carbonyl (C=O) groups excluding carboxylic acids is 1. The van der Waals surface area contributed by atoms with Crippen LogP contribution in [0.1, 0.15) is 24.4 Å². The van der Waals surface area contributed by atoms with Crippen LogP contribution < -0.4 is 14.8 Å². The first-order valence-electron chi connectivity index (χ1n) is 10.2. The largest absolute Gasteiger partial charge is 0.493 e. The Kier molecular flexibility index (Phi) is 6.12. The molecule has 0 radical (unpaired) electrons. The Morgan fingerprint density at radius 1 is 1.21 bits per heavy atom. The fraction of sp³-hybridized carbons (Fsp3) is 0.208. The summed E-state index contributed by atoms with van der Waals surface area (Å²) in [7, 11) is 3.09. The van der Waals surface area contributed by atoms with Crippen molar-refractivity contribution >= 4 is 11.6 Å². The first kappa shape index (κ1) is 22.1. The third-order valence-electron chi connectivity index (χ3n) is 5.39. The summed E-state index contributed by atoms with van der Waals surface area (Å²) in [6.07, 6.45) is 1.63. The minimum Gasteiger partial charge on any atom is -0.493 e. The molecule has 1 aromatic heterocycles. The number of benzene rings is 2. The van der Waals surface area contributed by atoms with E-state index in [0.29, 0.717) is 34.9 Å². The maximum absolute atomic E-state index is 13.7. The maximum atomic E-state index is 13.7. The van der Waals surface area contributed by atoms with E-state index < -0.39 is 11.9 Å². The van der Waals surface area contributed by atoms with Crippen molar-refractivity contribution in [2.75, 3.05) is 20.8 Å². The highest BCUT2D eigenvalue weighted by molar-refractivity contribution is 5.87. The summed E-state index contributed by atoms with van der Waals surface area (Å²) in [5, 5.41) is 7.02. The predicted octanol–water partition coefficient (Wildman–Crippen LogP) is 4.58. The van der Waals surface area contributed by atoms with Gasteiger partial charge in [-0.15, -0.1) is 6.58 Å². The lowest BCUT2D eigenvalue weighted by molar-refractivity contribution is 0.209. The Hall–Kier alpha value is -4.14. The van der Waals surface area contributed by atoms with Crippen LogP contribution in [0, 0.1) is 5.82 Å². The van der Waals surface area contributed by atoms with E-state index >= 15 is 0 Å². The van der Waals surface area contributed by atoms with Gasteiger partial charge in [0.15, 0.2) is 11.5 Å². The molecule has 0 fully saturated rings. The molecule has 1 N–H and O–H groups in total. The van der Waals surface area contributed by atoms with Gasteiger partial charge >= 0.3 is 6.03 Å². The van der Waals surface area contributed by atoms with E-state index in [1.807, 2.05) is 6.07 Å². The van der Waals surface area contributed by atoms with Crippen LogP contribution >= 0.6 is 0 Å². The van der Waals surface area contributed by atoms with Gasteiger partial charge in [0, 0.05) is 17.8 Å². The highest BCUT2D eigenvalue weighted by Gasteiger charge is 2.35. The second kappa shape index (κ2) is 9.15. The Bertz CT molecular complexity index is 1240. The lowest BCUT2D eigenvalue weighted by Crippen LogP contribution is -2.46. The minimum atomic E-state index is -0.598. The van der Waals surface area contributed by atoms with E-state index in [1.54, 1.807) is 44.4 Å². The highest BCUT2D eigenvalue weighted by Crippen LogP contribution is 2.40. The van der Waals surface area contributed by atoms with Crippen LogP contribution in [0.15, 0.2) is 65.3 Å². The summed E-state index contributed by atoms with van der Waals surface area (Å²) in [5.74, 6) is 1.12. The van der Waals surface area contributed by atoms with Gasteiger partial charge in [0.05, 0.1) is 25.8 Å².